The molecule has 0 spiro atoms. The summed E-state index contributed by atoms with van der Waals surface area (Å²) in [6, 6.07) is 8.94. The zero-order valence-electron chi connectivity index (χ0n) is 13.6. The first-order valence-electron chi connectivity index (χ1n) is 7.67. The van der Waals surface area contributed by atoms with Crippen molar-refractivity contribution in [1.29, 1.82) is 0 Å². The van der Waals surface area contributed by atoms with Crippen molar-refractivity contribution in [3.8, 4) is 0 Å². The average molecular weight is 399 g/mol. The first-order valence-corrected chi connectivity index (χ1v) is 8.43. The Labute approximate surface area is 158 Å². The lowest BCUT2D eigenvalue weighted by atomic mass is 9.91. The zero-order valence-corrected chi connectivity index (χ0v) is 15.1. The first-order chi connectivity index (χ1) is 12.2. The Kier molecular flexibility index (Phi) is 5.06. The van der Waals surface area contributed by atoms with Crippen LogP contribution in [0, 0.1) is 6.92 Å². The highest BCUT2D eigenvalue weighted by Gasteiger charge is 2.45. The molecule has 0 amide bonds. The number of rotatable bonds is 4. The first kappa shape index (κ1) is 18.8. The van der Waals surface area contributed by atoms with Gasteiger partial charge in [-0.3, -0.25) is 0 Å². The number of carbonyl (C=O) groups is 1. The third kappa shape index (κ3) is 3.34. The normalized spacial score (nSPS) is 19.7. The van der Waals surface area contributed by atoms with Gasteiger partial charge in [-0.05, 0) is 59.5 Å². The Hall–Kier alpha value is -1.95. The Morgan fingerprint density at radius 1 is 1.19 bits per heavy atom. The van der Waals surface area contributed by atoms with Crippen LogP contribution in [0.3, 0.4) is 0 Å². The van der Waals surface area contributed by atoms with E-state index in [1.807, 2.05) is 0 Å². The second kappa shape index (κ2) is 6.99. The van der Waals surface area contributed by atoms with Crippen LogP contribution < -0.4 is 0 Å². The minimum absolute atomic E-state index is 0.0413. The van der Waals surface area contributed by atoms with Gasteiger partial charge < -0.3 is 9.84 Å². The molecule has 26 heavy (non-hydrogen) atoms. The zero-order chi connectivity index (χ0) is 19.1. The summed E-state index contributed by atoms with van der Waals surface area (Å²) >= 11 is 11.9. The van der Waals surface area contributed by atoms with Gasteiger partial charge in [0, 0.05) is 10.0 Å². The molecule has 0 saturated heterocycles. The molecule has 0 saturated carbocycles. The molecule has 1 aliphatic heterocycles. The van der Waals surface area contributed by atoms with Crippen LogP contribution in [-0.2, 0) is 10.3 Å². The minimum Gasteiger partial charge on any atom is -0.478 e. The largest absolute Gasteiger partial charge is 0.478 e. The highest BCUT2D eigenvalue weighted by molar-refractivity contribution is 6.34. The number of aryl methyl sites for hydroxylation is 1. The summed E-state index contributed by atoms with van der Waals surface area (Å²) in [4.78, 5) is 11.1. The van der Waals surface area contributed by atoms with Crippen molar-refractivity contribution in [2.24, 2.45) is 0 Å². The molecule has 3 nitrogen and oxygen atoms in total. The number of carboxylic acid groups (broad SMARTS) is 1. The van der Waals surface area contributed by atoms with E-state index in [9.17, 15) is 13.6 Å². The fourth-order valence-corrected chi connectivity index (χ4v) is 3.53. The van der Waals surface area contributed by atoms with Gasteiger partial charge in [-0.25, -0.2) is 13.6 Å². The molecule has 0 aromatic heterocycles. The fourth-order valence-electron chi connectivity index (χ4n) is 3.01. The predicted molar refractivity (Wildman–Crippen MR) is 96.2 cm³/mol. The molecule has 136 valence electrons. The van der Waals surface area contributed by atoms with E-state index in [2.05, 4.69) is 0 Å². The molecular weight excluding hydrogens is 385 g/mol. The fraction of sp³-hybridized carbons (Fsp3) is 0.211. The molecule has 1 atom stereocenters. The third-order valence-corrected chi connectivity index (χ3v) is 4.76. The predicted octanol–water partition coefficient (Wildman–Crippen LogP) is 5.57. The van der Waals surface area contributed by atoms with Gasteiger partial charge in [-0.1, -0.05) is 35.3 Å². The van der Waals surface area contributed by atoms with E-state index < -0.39 is 18.0 Å². The van der Waals surface area contributed by atoms with Crippen molar-refractivity contribution in [3.05, 3.63) is 74.8 Å². The average Bonchev–Trinajstić information content (AvgIpc) is 3.00. The lowest BCUT2D eigenvalue weighted by Crippen LogP contribution is -2.32. The third-order valence-electron chi connectivity index (χ3n) is 4.32. The van der Waals surface area contributed by atoms with E-state index in [1.165, 1.54) is 30.3 Å². The van der Waals surface area contributed by atoms with E-state index >= 15 is 0 Å². The van der Waals surface area contributed by atoms with Crippen LogP contribution in [0.2, 0.25) is 10.0 Å². The summed E-state index contributed by atoms with van der Waals surface area (Å²) < 4.78 is 33.4. The molecular formula is C19H14Cl2F2O3. The van der Waals surface area contributed by atoms with Crippen LogP contribution in [0.5, 0.6) is 0 Å². The summed E-state index contributed by atoms with van der Waals surface area (Å²) in [5.41, 5.74) is 0.0817. The molecule has 0 radical (unpaired) electrons. The van der Waals surface area contributed by atoms with Gasteiger partial charge in [0.15, 0.2) is 5.60 Å². The number of hydrogen-bond donors (Lipinski definition) is 1. The molecule has 2 aromatic carbocycles. The van der Waals surface area contributed by atoms with Crippen molar-refractivity contribution >= 4 is 34.7 Å². The monoisotopic (exact) mass is 398 g/mol. The number of halogens is 4. The summed E-state index contributed by atoms with van der Waals surface area (Å²) in [7, 11) is 0. The standard InChI is InChI=1S/C19H14Cl2F2O3/c1-10-4-11(2-3-16(10)17(24)25)12-8-19(18(22)23,26-9-12)13-5-14(20)7-15(21)6-13/h2-8,18H,9H2,1H3,(H,24,25). The lowest BCUT2D eigenvalue weighted by Gasteiger charge is -2.26. The number of hydrogen-bond acceptors (Lipinski definition) is 2. The van der Waals surface area contributed by atoms with E-state index in [1.54, 1.807) is 19.1 Å². The maximum Gasteiger partial charge on any atom is 0.335 e. The smallest absolute Gasteiger partial charge is 0.335 e. The van der Waals surface area contributed by atoms with E-state index in [0.29, 0.717) is 16.7 Å². The Morgan fingerprint density at radius 3 is 2.38 bits per heavy atom. The van der Waals surface area contributed by atoms with Crippen LogP contribution in [0.4, 0.5) is 8.78 Å². The van der Waals surface area contributed by atoms with Crippen LogP contribution in [0.25, 0.3) is 5.57 Å². The van der Waals surface area contributed by atoms with Crippen molar-refractivity contribution in [1.82, 2.24) is 0 Å². The maximum atomic E-state index is 13.9. The molecule has 0 aliphatic carbocycles. The molecule has 0 bridgehead atoms. The lowest BCUT2D eigenvalue weighted by molar-refractivity contribution is -0.0941. The number of aromatic carboxylic acids is 1. The summed E-state index contributed by atoms with van der Waals surface area (Å²) in [5, 5.41) is 9.59. The topological polar surface area (TPSA) is 46.5 Å². The molecule has 1 unspecified atom stereocenters. The van der Waals surface area contributed by atoms with Crippen LogP contribution in [0.1, 0.15) is 27.0 Å². The van der Waals surface area contributed by atoms with Crippen molar-refractivity contribution < 1.29 is 23.4 Å². The van der Waals surface area contributed by atoms with Gasteiger partial charge in [-0.2, -0.15) is 0 Å². The van der Waals surface area contributed by atoms with Gasteiger partial charge in [0.2, 0.25) is 0 Å². The van der Waals surface area contributed by atoms with Crippen LogP contribution >= 0.6 is 23.2 Å². The van der Waals surface area contributed by atoms with Gasteiger partial charge in [0.05, 0.1) is 12.2 Å². The van der Waals surface area contributed by atoms with E-state index in [-0.39, 0.29) is 27.8 Å². The highest BCUT2D eigenvalue weighted by atomic mass is 35.5. The van der Waals surface area contributed by atoms with Crippen molar-refractivity contribution in [2.45, 2.75) is 19.0 Å². The molecule has 1 heterocycles. The van der Waals surface area contributed by atoms with Crippen LogP contribution in [0.15, 0.2) is 42.5 Å². The number of ether oxygens (including phenoxy) is 1. The summed E-state index contributed by atoms with van der Waals surface area (Å²) in [6.07, 6.45) is -1.48. The molecule has 3 rings (SSSR count). The SMILES string of the molecule is Cc1cc(C2=CC(c3cc(Cl)cc(Cl)c3)(C(F)F)OC2)ccc1C(=O)O. The Balaban J connectivity index is 2.07. The highest BCUT2D eigenvalue weighted by Crippen LogP contribution is 2.43. The number of carboxylic acids is 1. The van der Waals surface area contributed by atoms with Crippen LogP contribution in [-0.4, -0.2) is 24.1 Å². The van der Waals surface area contributed by atoms with Gasteiger partial charge >= 0.3 is 5.97 Å². The Morgan fingerprint density at radius 2 is 1.85 bits per heavy atom. The number of benzene rings is 2. The van der Waals surface area contributed by atoms with Crippen molar-refractivity contribution in [2.75, 3.05) is 6.61 Å². The minimum atomic E-state index is -2.84. The molecule has 7 heteroatoms. The molecule has 1 N–H and O–H groups in total. The quantitative estimate of drug-likeness (QED) is 0.731. The summed E-state index contributed by atoms with van der Waals surface area (Å²) in [5.74, 6) is -1.04. The molecule has 2 aromatic rings. The van der Waals surface area contributed by atoms with Crippen molar-refractivity contribution in [3.63, 3.8) is 0 Å². The second-order valence-corrected chi connectivity index (χ2v) is 6.92. The van der Waals surface area contributed by atoms with Gasteiger partial charge in [-0.15, -0.1) is 0 Å². The number of alkyl halides is 2. The maximum absolute atomic E-state index is 13.9. The second-order valence-electron chi connectivity index (χ2n) is 6.05. The van der Waals surface area contributed by atoms with E-state index in [4.69, 9.17) is 33.0 Å². The molecule has 0 fully saturated rings. The Bertz CT molecular complexity index is 891. The summed E-state index contributed by atoms with van der Waals surface area (Å²) in [6.45, 7) is 1.61. The van der Waals surface area contributed by atoms with Gasteiger partial charge in [0.25, 0.3) is 6.43 Å². The van der Waals surface area contributed by atoms with Gasteiger partial charge in [0.1, 0.15) is 0 Å². The van der Waals surface area contributed by atoms with E-state index in [0.717, 1.165) is 0 Å². The molecule has 1 aliphatic rings.